The molecule has 0 aliphatic rings. The summed E-state index contributed by atoms with van der Waals surface area (Å²) >= 11 is 4.80. The van der Waals surface area contributed by atoms with Crippen LogP contribution in [0.3, 0.4) is 0 Å². The van der Waals surface area contributed by atoms with E-state index in [9.17, 15) is 4.79 Å². The van der Waals surface area contributed by atoms with Crippen LogP contribution < -0.4 is 16.0 Å². The maximum atomic E-state index is 11.2. The van der Waals surface area contributed by atoms with E-state index < -0.39 is 0 Å². The first-order chi connectivity index (χ1) is 8.04. The second-order valence-electron chi connectivity index (χ2n) is 3.49. The summed E-state index contributed by atoms with van der Waals surface area (Å²) in [7, 11) is 3.41. The van der Waals surface area contributed by atoms with Gasteiger partial charge in [-0.15, -0.1) is 10.2 Å². The molecule has 0 fully saturated rings. The van der Waals surface area contributed by atoms with Crippen LogP contribution >= 0.6 is 12.2 Å². The molecule has 0 unspecified atom stereocenters. The van der Waals surface area contributed by atoms with E-state index in [1.807, 2.05) is 11.9 Å². The zero-order valence-corrected chi connectivity index (χ0v) is 10.6. The predicted molar refractivity (Wildman–Crippen MR) is 70.1 cm³/mol. The van der Waals surface area contributed by atoms with E-state index in [0.29, 0.717) is 29.5 Å². The number of nitrogens with two attached hydrogens (primary N) is 1. The molecule has 0 radical (unpaired) electrons. The van der Waals surface area contributed by atoms with Crippen molar-refractivity contribution < 1.29 is 4.79 Å². The molecule has 0 bridgehead atoms. The van der Waals surface area contributed by atoms with Crippen molar-refractivity contribution in [3.05, 3.63) is 17.8 Å². The summed E-state index contributed by atoms with van der Waals surface area (Å²) in [6, 6.07) is 3.36. The fraction of sp³-hybridized carbons (Fsp3) is 0.400. The average Bonchev–Trinajstić information content (AvgIpc) is 2.35. The SMILES string of the molecule is CNC(=O)c1ccc(N(C)CCC(N)=S)nn1. The first-order valence-corrected chi connectivity index (χ1v) is 5.50. The molecule has 0 aliphatic heterocycles. The Kier molecular flexibility index (Phi) is 4.77. The van der Waals surface area contributed by atoms with Crippen molar-refractivity contribution in [2.45, 2.75) is 6.42 Å². The van der Waals surface area contributed by atoms with Gasteiger partial charge >= 0.3 is 0 Å². The summed E-state index contributed by atoms with van der Waals surface area (Å²) in [5.74, 6) is 0.420. The topological polar surface area (TPSA) is 84.1 Å². The van der Waals surface area contributed by atoms with Gasteiger partial charge in [0.2, 0.25) is 0 Å². The Labute approximate surface area is 105 Å². The quantitative estimate of drug-likeness (QED) is 0.716. The lowest BCUT2D eigenvalue weighted by atomic mass is 10.3. The molecule has 0 spiro atoms. The van der Waals surface area contributed by atoms with Crippen LogP contribution in [0.2, 0.25) is 0 Å². The molecule has 6 nitrogen and oxygen atoms in total. The highest BCUT2D eigenvalue weighted by Crippen LogP contribution is 2.07. The van der Waals surface area contributed by atoms with Gasteiger partial charge in [-0.25, -0.2) is 0 Å². The molecule has 17 heavy (non-hydrogen) atoms. The number of hydrogen-bond acceptors (Lipinski definition) is 5. The first-order valence-electron chi connectivity index (χ1n) is 5.10. The van der Waals surface area contributed by atoms with Crippen LogP contribution in [0.4, 0.5) is 5.82 Å². The second-order valence-corrected chi connectivity index (χ2v) is 4.02. The number of thiocarbonyl (C=S) groups is 1. The van der Waals surface area contributed by atoms with Crippen LogP contribution in [-0.4, -0.2) is 41.7 Å². The number of nitrogens with one attached hydrogen (secondary N) is 1. The van der Waals surface area contributed by atoms with E-state index in [1.54, 1.807) is 19.2 Å². The molecule has 0 aliphatic carbocycles. The van der Waals surface area contributed by atoms with Crippen LogP contribution in [0.25, 0.3) is 0 Å². The Morgan fingerprint density at radius 3 is 2.71 bits per heavy atom. The molecule has 0 aromatic carbocycles. The smallest absolute Gasteiger partial charge is 0.271 e. The summed E-state index contributed by atoms with van der Waals surface area (Å²) in [6.45, 7) is 0.670. The number of carbonyl (C=O) groups is 1. The predicted octanol–water partition coefficient (Wildman–Crippen LogP) is -0.0514. The van der Waals surface area contributed by atoms with Gasteiger partial charge in [0.15, 0.2) is 11.5 Å². The standard InChI is InChI=1S/C10H15N5OS/c1-12-10(16)7-3-4-9(14-13-7)15(2)6-5-8(11)17/h3-4H,5-6H2,1-2H3,(H2,11,17)(H,12,16). The van der Waals surface area contributed by atoms with Crippen molar-refractivity contribution in [1.82, 2.24) is 15.5 Å². The highest BCUT2D eigenvalue weighted by Gasteiger charge is 2.08. The van der Waals surface area contributed by atoms with Gasteiger partial charge < -0.3 is 16.0 Å². The molecule has 1 aromatic heterocycles. The largest absolute Gasteiger partial charge is 0.393 e. The summed E-state index contributed by atoms with van der Waals surface area (Å²) in [4.78, 5) is 13.6. The minimum Gasteiger partial charge on any atom is -0.393 e. The number of hydrogen-bond donors (Lipinski definition) is 2. The summed E-state index contributed by atoms with van der Waals surface area (Å²) in [6.07, 6.45) is 0.616. The van der Waals surface area contributed by atoms with Crippen molar-refractivity contribution in [3.8, 4) is 0 Å². The highest BCUT2D eigenvalue weighted by molar-refractivity contribution is 7.80. The maximum Gasteiger partial charge on any atom is 0.271 e. The van der Waals surface area contributed by atoms with Crippen molar-refractivity contribution in [2.24, 2.45) is 5.73 Å². The van der Waals surface area contributed by atoms with Crippen molar-refractivity contribution in [1.29, 1.82) is 0 Å². The molecule has 0 saturated carbocycles. The number of aromatic nitrogens is 2. The monoisotopic (exact) mass is 253 g/mol. The van der Waals surface area contributed by atoms with Crippen LogP contribution in [0.1, 0.15) is 16.9 Å². The van der Waals surface area contributed by atoms with Gasteiger partial charge in [-0.1, -0.05) is 12.2 Å². The van der Waals surface area contributed by atoms with Gasteiger partial charge in [0.05, 0.1) is 4.99 Å². The Bertz CT molecular complexity index is 406. The fourth-order valence-electron chi connectivity index (χ4n) is 1.17. The van der Waals surface area contributed by atoms with E-state index in [0.717, 1.165) is 0 Å². The highest BCUT2D eigenvalue weighted by atomic mass is 32.1. The molecule has 1 rings (SSSR count). The molecule has 1 amide bonds. The molecule has 1 aromatic rings. The van der Waals surface area contributed by atoms with Crippen molar-refractivity contribution in [2.75, 3.05) is 25.5 Å². The summed E-state index contributed by atoms with van der Waals surface area (Å²) in [5.41, 5.74) is 5.71. The van der Waals surface area contributed by atoms with E-state index in [-0.39, 0.29) is 5.91 Å². The molecular weight excluding hydrogens is 238 g/mol. The summed E-state index contributed by atoms with van der Waals surface area (Å²) in [5, 5.41) is 10.3. The lowest BCUT2D eigenvalue weighted by Crippen LogP contribution is -2.25. The molecule has 7 heteroatoms. The van der Waals surface area contributed by atoms with Gasteiger partial charge in [0.1, 0.15) is 0 Å². The van der Waals surface area contributed by atoms with E-state index in [4.69, 9.17) is 18.0 Å². The molecule has 1 heterocycles. The zero-order chi connectivity index (χ0) is 12.8. The third-order valence-electron chi connectivity index (χ3n) is 2.19. The number of carbonyl (C=O) groups excluding carboxylic acids is 1. The lowest BCUT2D eigenvalue weighted by molar-refractivity contribution is 0.0957. The Hall–Kier alpha value is -1.76. The number of rotatable bonds is 5. The van der Waals surface area contributed by atoms with Gasteiger partial charge in [0.25, 0.3) is 5.91 Å². The normalized spacial score (nSPS) is 9.76. The maximum absolute atomic E-state index is 11.2. The Morgan fingerprint density at radius 2 is 2.24 bits per heavy atom. The van der Waals surface area contributed by atoms with Crippen molar-refractivity contribution in [3.63, 3.8) is 0 Å². The molecule has 92 valence electrons. The number of nitrogens with zero attached hydrogens (tertiary/aromatic N) is 3. The van der Waals surface area contributed by atoms with Crippen LogP contribution in [0, 0.1) is 0 Å². The number of amides is 1. The minimum atomic E-state index is -0.255. The van der Waals surface area contributed by atoms with E-state index in [1.165, 1.54) is 0 Å². The van der Waals surface area contributed by atoms with Gasteiger partial charge in [-0.3, -0.25) is 4.79 Å². The lowest BCUT2D eigenvalue weighted by Gasteiger charge is -2.16. The van der Waals surface area contributed by atoms with Crippen LogP contribution in [0.15, 0.2) is 12.1 Å². The van der Waals surface area contributed by atoms with E-state index >= 15 is 0 Å². The summed E-state index contributed by atoms with van der Waals surface area (Å²) < 4.78 is 0. The van der Waals surface area contributed by atoms with Gasteiger partial charge in [-0.05, 0) is 12.1 Å². The Balaban J connectivity index is 2.66. The third kappa shape index (κ3) is 3.95. The molecule has 0 atom stereocenters. The van der Waals surface area contributed by atoms with E-state index in [2.05, 4.69) is 15.5 Å². The molecule has 0 saturated heterocycles. The first kappa shape index (κ1) is 13.3. The minimum absolute atomic E-state index is 0.255. The van der Waals surface area contributed by atoms with Crippen LogP contribution in [-0.2, 0) is 0 Å². The molecule has 3 N–H and O–H groups in total. The third-order valence-corrected chi connectivity index (χ3v) is 2.40. The average molecular weight is 253 g/mol. The second kappa shape index (κ2) is 6.09. The zero-order valence-electron chi connectivity index (χ0n) is 9.80. The Morgan fingerprint density at radius 1 is 1.53 bits per heavy atom. The van der Waals surface area contributed by atoms with Gasteiger partial charge in [-0.2, -0.15) is 0 Å². The van der Waals surface area contributed by atoms with Crippen molar-refractivity contribution >= 4 is 28.9 Å². The van der Waals surface area contributed by atoms with Gasteiger partial charge in [0, 0.05) is 27.1 Å². The number of anilines is 1. The molecular formula is C10H15N5OS. The van der Waals surface area contributed by atoms with Crippen LogP contribution in [0.5, 0.6) is 0 Å². The fourth-order valence-corrected chi connectivity index (χ4v) is 1.26.